The molecule has 0 aromatic heterocycles. The van der Waals surface area contributed by atoms with E-state index in [1.807, 2.05) is 6.07 Å². The predicted octanol–water partition coefficient (Wildman–Crippen LogP) is 2.90. The SMILES string of the molecule is O=C(O)N1CCC(CNCc2ccc(Cl)c(N3CC4COCC4C3)c2)CC1. The van der Waals surface area contributed by atoms with Crippen molar-refractivity contribution in [2.75, 3.05) is 50.8 Å². The number of anilines is 1. The van der Waals surface area contributed by atoms with Crippen molar-refractivity contribution in [3.05, 3.63) is 28.8 Å². The maximum absolute atomic E-state index is 11.0. The van der Waals surface area contributed by atoms with Gasteiger partial charge in [0.25, 0.3) is 0 Å². The molecule has 1 aromatic carbocycles. The third-order valence-corrected chi connectivity index (χ3v) is 6.56. The number of hydrogen-bond acceptors (Lipinski definition) is 4. The Bertz CT molecular complexity index is 666. The van der Waals surface area contributed by atoms with Gasteiger partial charge in [0.15, 0.2) is 0 Å². The predicted molar refractivity (Wildman–Crippen MR) is 105 cm³/mol. The molecule has 6 nitrogen and oxygen atoms in total. The van der Waals surface area contributed by atoms with Crippen LogP contribution in [0.5, 0.6) is 0 Å². The lowest BCUT2D eigenvalue weighted by atomic mass is 9.97. The van der Waals surface area contributed by atoms with Crippen LogP contribution in [0.15, 0.2) is 18.2 Å². The summed E-state index contributed by atoms with van der Waals surface area (Å²) in [6.45, 7) is 6.85. The van der Waals surface area contributed by atoms with Crippen LogP contribution in [0.1, 0.15) is 18.4 Å². The number of hydrogen-bond donors (Lipinski definition) is 2. The number of nitrogens with one attached hydrogen (secondary N) is 1. The zero-order chi connectivity index (χ0) is 18.8. The van der Waals surface area contributed by atoms with Gasteiger partial charge in [-0.3, -0.25) is 0 Å². The van der Waals surface area contributed by atoms with Crippen LogP contribution in [-0.2, 0) is 11.3 Å². The van der Waals surface area contributed by atoms with Gasteiger partial charge < -0.3 is 25.0 Å². The van der Waals surface area contributed by atoms with E-state index in [2.05, 4.69) is 22.3 Å². The first-order chi connectivity index (χ1) is 13.1. The molecule has 2 unspecified atom stereocenters. The molecule has 0 aliphatic carbocycles. The second-order valence-electron chi connectivity index (χ2n) is 8.09. The molecule has 0 saturated carbocycles. The Morgan fingerprint density at radius 2 is 1.93 bits per heavy atom. The molecule has 7 heteroatoms. The molecule has 0 radical (unpaired) electrons. The van der Waals surface area contributed by atoms with E-state index in [9.17, 15) is 4.79 Å². The molecule has 148 valence electrons. The number of nitrogens with zero attached hydrogens (tertiary/aromatic N) is 2. The van der Waals surface area contributed by atoms with E-state index in [0.29, 0.717) is 30.8 Å². The van der Waals surface area contributed by atoms with Crippen LogP contribution in [0.3, 0.4) is 0 Å². The van der Waals surface area contributed by atoms with E-state index in [1.54, 1.807) is 0 Å². The molecule has 1 aromatic rings. The average Bonchev–Trinajstić information content (AvgIpc) is 3.25. The summed E-state index contributed by atoms with van der Waals surface area (Å²) in [5.74, 6) is 1.82. The minimum atomic E-state index is -0.798. The highest BCUT2D eigenvalue weighted by molar-refractivity contribution is 6.33. The van der Waals surface area contributed by atoms with Crippen molar-refractivity contribution in [2.24, 2.45) is 17.8 Å². The van der Waals surface area contributed by atoms with Gasteiger partial charge in [0, 0.05) is 44.6 Å². The van der Waals surface area contributed by atoms with Crippen molar-refractivity contribution in [3.8, 4) is 0 Å². The van der Waals surface area contributed by atoms with Crippen molar-refractivity contribution in [3.63, 3.8) is 0 Å². The third kappa shape index (κ3) is 4.33. The Labute approximate surface area is 165 Å². The highest BCUT2D eigenvalue weighted by Crippen LogP contribution is 2.36. The smallest absolute Gasteiger partial charge is 0.407 e. The van der Waals surface area contributed by atoms with Gasteiger partial charge in [-0.2, -0.15) is 0 Å². The van der Waals surface area contributed by atoms with Crippen LogP contribution in [0, 0.1) is 17.8 Å². The van der Waals surface area contributed by atoms with Crippen LogP contribution < -0.4 is 10.2 Å². The molecule has 1 amide bonds. The van der Waals surface area contributed by atoms with Crippen LogP contribution in [-0.4, -0.2) is 62.0 Å². The molecule has 3 aliphatic heterocycles. The van der Waals surface area contributed by atoms with Crippen molar-refractivity contribution in [2.45, 2.75) is 19.4 Å². The normalized spacial score (nSPS) is 25.8. The number of fused-ring (bicyclic) bond motifs is 1. The van der Waals surface area contributed by atoms with E-state index in [4.69, 9.17) is 21.4 Å². The number of piperidine rings is 1. The lowest BCUT2D eigenvalue weighted by Crippen LogP contribution is -2.39. The third-order valence-electron chi connectivity index (χ3n) is 6.24. The highest BCUT2D eigenvalue weighted by Gasteiger charge is 2.37. The number of amides is 1. The van der Waals surface area contributed by atoms with Crippen molar-refractivity contribution in [1.29, 1.82) is 0 Å². The Kier molecular flexibility index (Phi) is 5.76. The average molecular weight is 394 g/mol. The summed E-state index contributed by atoms with van der Waals surface area (Å²) >= 11 is 6.48. The molecule has 3 heterocycles. The Hall–Kier alpha value is -1.50. The summed E-state index contributed by atoms with van der Waals surface area (Å²) in [6, 6.07) is 6.31. The maximum atomic E-state index is 11.0. The van der Waals surface area contributed by atoms with Gasteiger partial charge in [-0.05, 0) is 43.0 Å². The first kappa shape index (κ1) is 18.8. The van der Waals surface area contributed by atoms with Crippen LogP contribution >= 0.6 is 11.6 Å². The molecular formula is C20H28ClN3O3. The Balaban J connectivity index is 1.28. The lowest BCUT2D eigenvalue weighted by Gasteiger charge is -2.30. The molecule has 0 spiro atoms. The summed E-state index contributed by atoms with van der Waals surface area (Å²) < 4.78 is 5.57. The van der Waals surface area contributed by atoms with Gasteiger partial charge >= 0.3 is 6.09 Å². The van der Waals surface area contributed by atoms with Gasteiger partial charge in [-0.15, -0.1) is 0 Å². The van der Waals surface area contributed by atoms with Gasteiger partial charge in [-0.25, -0.2) is 4.79 Å². The Morgan fingerprint density at radius 3 is 2.59 bits per heavy atom. The quantitative estimate of drug-likeness (QED) is 0.805. The maximum Gasteiger partial charge on any atom is 0.407 e. The fourth-order valence-corrected chi connectivity index (χ4v) is 4.78. The molecule has 3 aliphatic rings. The molecule has 3 fully saturated rings. The topological polar surface area (TPSA) is 65.0 Å². The second-order valence-corrected chi connectivity index (χ2v) is 8.50. The second kappa shape index (κ2) is 8.25. The number of benzene rings is 1. The van der Waals surface area contributed by atoms with E-state index >= 15 is 0 Å². The van der Waals surface area contributed by atoms with Crippen molar-refractivity contribution in [1.82, 2.24) is 10.2 Å². The summed E-state index contributed by atoms with van der Waals surface area (Å²) in [7, 11) is 0. The molecule has 27 heavy (non-hydrogen) atoms. The molecule has 2 atom stereocenters. The van der Waals surface area contributed by atoms with E-state index < -0.39 is 6.09 Å². The fraction of sp³-hybridized carbons (Fsp3) is 0.650. The van der Waals surface area contributed by atoms with E-state index in [0.717, 1.165) is 62.9 Å². The monoisotopic (exact) mass is 393 g/mol. The summed E-state index contributed by atoms with van der Waals surface area (Å²) in [5.41, 5.74) is 2.38. The van der Waals surface area contributed by atoms with Crippen LogP contribution in [0.4, 0.5) is 10.5 Å². The first-order valence-electron chi connectivity index (χ1n) is 9.90. The minimum Gasteiger partial charge on any atom is -0.465 e. The van der Waals surface area contributed by atoms with Gasteiger partial charge in [0.05, 0.1) is 23.9 Å². The van der Waals surface area contributed by atoms with E-state index in [-0.39, 0.29) is 0 Å². The number of carbonyl (C=O) groups is 1. The summed E-state index contributed by atoms with van der Waals surface area (Å²) in [5, 5.41) is 13.4. The number of halogens is 1. The molecule has 2 N–H and O–H groups in total. The van der Waals surface area contributed by atoms with Crippen LogP contribution in [0.2, 0.25) is 5.02 Å². The zero-order valence-corrected chi connectivity index (χ0v) is 16.3. The summed E-state index contributed by atoms with van der Waals surface area (Å²) in [6.07, 6.45) is 1.07. The van der Waals surface area contributed by atoms with Crippen molar-refractivity contribution < 1.29 is 14.6 Å². The number of likely N-dealkylation sites (tertiary alicyclic amines) is 1. The number of rotatable bonds is 5. The fourth-order valence-electron chi connectivity index (χ4n) is 4.54. The van der Waals surface area contributed by atoms with Gasteiger partial charge in [0.1, 0.15) is 0 Å². The lowest BCUT2D eigenvalue weighted by molar-refractivity contribution is 0.124. The molecule has 0 bridgehead atoms. The minimum absolute atomic E-state index is 0.547. The highest BCUT2D eigenvalue weighted by atomic mass is 35.5. The van der Waals surface area contributed by atoms with Gasteiger partial charge in [0.2, 0.25) is 0 Å². The first-order valence-corrected chi connectivity index (χ1v) is 10.3. The van der Waals surface area contributed by atoms with E-state index in [1.165, 1.54) is 10.5 Å². The number of carboxylic acid groups (broad SMARTS) is 1. The van der Waals surface area contributed by atoms with Gasteiger partial charge in [-0.1, -0.05) is 17.7 Å². The number of ether oxygens (including phenoxy) is 1. The van der Waals surface area contributed by atoms with Crippen molar-refractivity contribution >= 4 is 23.4 Å². The molecule has 3 saturated heterocycles. The zero-order valence-electron chi connectivity index (χ0n) is 15.6. The summed E-state index contributed by atoms with van der Waals surface area (Å²) in [4.78, 5) is 14.9. The molecule has 4 rings (SSSR count). The van der Waals surface area contributed by atoms with Crippen LogP contribution in [0.25, 0.3) is 0 Å². The standard InChI is InChI=1S/C20H28ClN3O3/c21-18-2-1-15(7-19(18)24-10-16-12-27-13-17(16)11-24)9-22-8-14-3-5-23(6-4-14)20(25)26/h1-2,7,14,16-17,22H,3-6,8-13H2,(H,25,26). The Morgan fingerprint density at radius 1 is 1.22 bits per heavy atom. The largest absolute Gasteiger partial charge is 0.465 e. The molecular weight excluding hydrogens is 366 g/mol.